The molecule has 7 heteroatoms. The first-order chi connectivity index (χ1) is 9.99. The Bertz CT molecular complexity index is 781. The number of halogens is 2. The van der Waals surface area contributed by atoms with Crippen molar-refractivity contribution >= 4 is 39.1 Å². The van der Waals surface area contributed by atoms with Crippen LogP contribution in [0.15, 0.2) is 28.7 Å². The first-order valence-corrected chi connectivity index (χ1v) is 6.76. The molecule has 2 N–H and O–H groups in total. The largest absolute Gasteiger partial charge is 0.383 e. The molecular formula is C14H6BrClN4O. The maximum Gasteiger partial charge on any atom is 0.195 e. The fraction of sp³-hybridized carbons (Fsp3) is 0. The van der Waals surface area contributed by atoms with Gasteiger partial charge in [-0.05, 0) is 24.3 Å². The van der Waals surface area contributed by atoms with E-state index in [0.717, 1.165) is 4.47 Å². The van der Waals surface area contributed by atoms with Crippen molar-refractivity contribution in [1.29, 1.82) is 10.5 Å². The van der Waals surface area contributed by atoms with Crippen LogP contribution in [0, 0.1) is 22.7 Å². The average Bonchev–Trinajstić information content (AvgIpc) is 2.46. The number of carbonyl (C=O) groups excluding carboxylic acids is 1. The van der Waals surface area contributed by atoms with Gasteiger partial charge in [-0.3, -0.25) is 4.79 Å². The highest BCUT2D eigenvalue weighted by atomic mass is 79.9. The van der Waals surface area contributed by atoms with E-state index in [1.165, 1.54) is 0 Å². The van der Waals surface area contributed by atoms with Crippen LogP contribution in [0.5, 0.6) is 0 Å². The number of anilines is 1. The molecule has 0 aliphatic rings. The topological polar surface area (TPSA) is 104 Å². The number of aromatic nitrogens is 1. The van der Waals surface area contributed by atoms with Gasteiger partial charge in [-0.2, -0.15) is 10.5 Å². The minimum Gasteiger partial charge on any atom is -0.383 e. The summed E-state index contributed by atoms with van der Waals surface area (Å²) >= 11 is 9.10. The molecule has 21 heavy (non-hydrogen) atoms. The minimum atomic E-state index is -0.508. The maximum absolute atomic E-state index is 12.6. The standard InChI is InChI=1S/C14H6BrClN4O/c15-8-3-1-7(2-4-8)12(21)11-9(5-17)13(16)20-14(19)10(11)6-18/h1-4H,(H2,19,20). The summed E-state index contributed by atoms with van der Waals surface area (Å²) in [5.41, 5.74) is 5.49. The Kier molecular flexibility index (Phi) is 4.23. The van der Waals surface area contributed by atoms with Crippen LogP contribution in [0.4, 0.5) is 5.82 Å². The fourth-order valence-corrected chi connectivity index (χ4v) is 2.25. The van der Waals surface area contributed by atoms with Crippen molar-refractivity contribution in [2.45, 2.75) is 0 Å². The molecule has 0 atom stereocenters. The fourth-order valence-electron chi connectivity index (χ4n) is 1.76. The summed E-state index contributed by atoms with van der Waals surface area (Å²) in [6, 6.07) is 10.1. The predicted molar refractivity (Wildman–Crippen MR) is 80.7 cm³/mol. The van der Waals surface area contributed by atoms with Crippen molar-refractivity contribution in [3.63, 3.8) is 0 Å². The number of nitrogen functional groups attached to an aromatic ring is 1. The number of carbonyl (C=O) groups is 1. The van der Waals surface area contributed by atoms with Crippen molar-refractivity contribution in [2.75, 3.05) is 5.73 Å². The Morgan fingerprint density at radius 3 is 2.29 bits per heavy atom. The first kappa shape index (κ1) is 15.0. The first-order valence-electron chi connectivity index (χ1n) is 5.59. The van der Waals surface area contributed by atoms with Gasteiger partial charge in [0.15, 0.2) is 5.78 Å². The summed E-state index contributed by atoms with van der Waals surface area (Å²) in [6.45, 7) is 0. The third-order valence-corrected chi connectivity index (χ3v) is 3.54. The van der Waals surface area contributed by atoms with Crippen molar-refractivity contribution < 1.29 is 4.79 Å². The molecule has 0 saturated heterocycles. The molecule has 1 heterocycles. The van der Waals surface area contributed by atoms with Crippen LogP contribution in [-0.2, 0) is 0 Å². The van der Waals surface area contributed by atoms with Gasteiger partial charge in [-0.15, -0.1) is 0 Å². The summed E-state index contributed by atoms with van der Waals surface area (Å²) in [6.07, 6.45) is 0. The Morgan fingerprint density at radius 2 is 1.76 bits per heavy atom. The lowest BCUT2D eigenvalue weighted by Gasteiger charge is -2.09. The van der Waals surface area contributed by atoms with Crippen molar-refractivity contribution in [3.05, 3.63) is 56.1 Å². The third kappa shape index (κ3) is 2.73. The molecule has 5 nitrogen and oxygen atoms in total. The smallest absolute Gasteiger partial charge is 0.195 e. The van der Waals surface area contributed by atoms with E-state index in [4.69, 9.17) is 27.9 Å². The van der Waals surface area contributed by atoms with Gasteiger partial charge < -0.3 is 5.73 Å². The zero-order chi connectivity index (χ0) is 15.6. The molecule has 0 spiro atoms. The number of benzene rings is 1. The highest BCUT2D eigenvalue weighted by Crippen LogP contribution is 2.27. The molecule has 0 fully saturated rings. The number of hydrogen-bond donors (Lipinski definition) is 1. The van der Waals surface area contributed by atoms with Gasteiger partial charge in [0.25, 0.3) is 0 Å². The Morgan fingerprint density at radius 1 is 1.19 bits per heavy atom. The molecular weight excluding hydrogens is 356 g/mol. The summed E-state index contributed by atoms with van der Waals surface area (Å²) in [7, 11) is 0. The SMILES string of the molecule is N#Cc1c(N)nc(Cl)c(C#N)c1C(=O)c1ccc(Br)cc1. The number of rotatable bonds is 2. The van der Waals surface area contributed by atoms with Gasteiger partial charge in [0.1, 0.15) is 34.2 Å². The zero-order valence-corrected chi connectivity index (χ0v) is 12.7. The number of nitrogens with two attached hydrogens (primary N) is 1. The monoisotopic (exact) mass is 360 g/mol. The lowest BCUT2D eigenvalue weighted by molar-refractivity contribution is 0.103. The molecule has 2 rings (SSSR count). The molecule has 102 valence electrons. The van der Waals surface area contributed by atoms with Gasteiger partial charge in [-0.1, -0.05) is 27.5 Å². The van der Waals surface area contributed by atoms with Crippen molar-refractivity contribution in [1.82, 2.24) is 4.98 Å². The van der Waals surface area contributed by atoms with E-state index in [-0.39, 0.29) is 27.7 Å². The van der Waals surface area contributed by atoms with E-state index >= 15 is 0 Å². The molecule has 1 aromatic carbocycles. The summed E-state index contributed by atoms with van der Waals surface area (Å²) in [4.78, 5) is 16.3. The minimum absolute atomic E-state index is 0.125. The van der Waals surface area contributed by atoms with E-state index in [1.54, 1.807) is 36.4 Å². The molecule has 0 radical (unpaired) electrons. The molecule has 1 aromatic heterocycles. The molecule has 2 aromatic rings. The Hall–Kier alpha value is -2.41. The van der Waals surface area contributed by atoms with E-state index < -0.39 is 5.78 Å². The van der Waals surface area contributed by atoms with Crippen LogP contribution >= 0.6 is 27.5 Å². The maximum atomic E-state index is 12.6. The van der Waals surface area contributed by atoms with E-state index in [2.05, 4.69) is 20.9 Å². The zero-order valence-electron chi connectivity index (χ0n) is 10.4. The normalized spacial score (nSPS) is 9.71. The van der Waals surface area contributed by atoms with E-state index in [9.17, 15) is 4.79 Å². The predicted octanol–water partition coefficient (Wildman–Crippen LogP) is 3.05. The number of pyridine rings is 1. The molecule has 0 amide bonds. The Labute approximate surface area is 133 Å². The third-order valence-electron chi connectivity index (χ3n) is 2.74. The number of ketones is 1. The summed E-state index contributed by atoms with van der Waals surface area (Å²) < 4.78 is 0.798. The summed E-state index contributed by atoms with van der Waals surface area (Å²) in [5.74, 6) is -0.687. The van der Waals surface area contributed by atoms with Gasteiger partial charge in [0.05, 0.1) is 5.56 Å². The molecule has 0 unspecified atom stereocenters. The summed E-state index contributed by atoms with van der Waals surface area (Å²) in [5, 5.41) is 18.1. The second kappa shape index (κ2) is 5.92. The number of nitriles is 2. The lowest BCUT2D eigenvalue weighted by Crippen LogP contribution is -2.11. The van der Waals surface area contributed by atoms with Gasteiger partial charge >= 0.3 is 0 Å². The Balaban J connectivity index is 2.74. The van der Waals surface area contributed by atoms with E-state index in [1.807, 2.05) is 0 Å². The van der Waals surface area contributed by atoms with Gasteiger partial charge in [-0.25, -0.2) is 4.98 Å². The molecule has 0 saturated carbocycles. The average molecular weight is 362 g/mol. The van der Waals surface area contributed by atoms with Crippen LogP contribution < -0.4 is 5.73 Å². The highest BCUT2D eigenvalue weighted by Gasteiger charge is 2.24. The number of hydrogen-bond acceptors (Lipinski definition) is 5. The molecule has 0 aliphatic carbocycles. The van der Waals surface area contributed by atoms with Crippen molar-refractivity contribution in [2.24, 2.45) is 0 Å². The molecule has 0 aliphatic heterocycles. The second-order valence-electron chi connectivity index (χ2n) is 3.97. The van der Waals surface area contributed by atoms with Crippen LogP contribution in [0.25, 0.3) is 0 Å². The molecule has 0 bridgehead atoms. The van der Waals surface area contributed by atoms with E-state index in [0.29, 0.717) is 5.56 Å². The van der Waals surface area contributed by atoms with Crippen molar-refractivity contribution in [3.8, 4) is 12.1 Å². The van der Waals surface area contributed by atoms with Gasteiger partial charge in [0, 0.05) is 10.0 Å². The van der Waals surface area contributed by atoms with Gasteiger partial charge in [0.2, 0.25) is 0 Å². The lowest BCUT2D eigenvalue weighted by atomic mass is 9.96. The quantitative estimate of drug-likeness (QED) is 0.654. The van der Waals surface area contributed by atoms with Crippen LogP contribution in [0.1, 0.15) is 27.0 Å². The second-order valence-corrected chi connectivity index (χ2v) is 5.25. The number of nitrogens with zero attached hydrogens (tertiary/aromatic N) is 3. The van der Waals surface area contributed by atoms with Crippen LogP contribution in [-0.4, -0.2) is 10.8 Å². The highest BCUT2D eigenvalue weighted by molar-refractivity contribution is 9.10. The van der Waals surface area contributed by atoms with Crippen LogP contribution in [0.2, 0.25) is 5.15 Å². The van der Waals surface area contributed by atoms with Crippen LogP contribution in [0.3, 0.4) is 0 Å².